The van der Waals surface area contributed by atoms with Crippen LogP contribution in [0.5, 0.6) is 0 Å². The van der Waals surface area contributed by atoms with Crippen LogP contribution in [0, 0.1) is 5.92 Å². The number of carboxylic acids is 1. The highest BCUT2D eigenvalue weighted by Crippen LogP contribution is 2.19. The smallest absolute Gasteiger partial charge is 0.335 e. The molecule has 0 radical (unpaired) electrons. The minimum absolute atomic E-state index is 0. The Balaban J connectivity index is 0.00000162. The third-order valence-corrected chi connectivity index (χ3v) is 3.42. The van der Waals surface area contributed by atoms with Crippen LogP contribution < -0.4 is 5.32 Å². The number of hydrogen-bond donors (Lipinski definition) is 2. The minimum Gasteiger partial charge on any atom is -0.478 e. The van der Waals surface area contributed by atoms with Gasteiger partial charge in [-0.25, -0.2) is 4.79 Å². The Kier molecular flexibility index (Phi) is 6.16. The summed E-state index contributed by atoms with van der Waals surface area (Å²) in [4.78, 5) is 10.7. The highest BCUT2D eigenvalue weighted by atomic mass is 35.5. The SMILES string of the molecule is Cl.O=C(O)c1ccc(CC2CCCNCC2)cc1. The Morgan fingerprint density at radius 1 is 1.22 bits per heavy atom. The van der Waals surface area contributed by atoms with Crippen LogP contribution in [0.25, 0.3) is 0 Å². The molecule has 2 rings (SSSR count). The Bertz CT molecular complexity index is 370. The molecule has 1 aromatic rings. The van der Waals surface area contributed by atoms with E-state index in [-0.39, 0.29) is 12.4 Å². The lowest BCUT2D eigenvalue weighted by atomic mass is 9.92. The van der Waals surface area contributed by atoms with E-state index in [1.54, 1.807) is 12.1 Å². The molecule has 1 unspecified atom stereocenters. The summed E-state index contributed by atoms with van der Waals surface area (Å²) in [5.74, 6) is -0.115. The van der Waals surface area contributed by atoms with Crippen LogP contribution in [-0.2, 0) is 6.42 Å². The van der Waals surface area contributed by atoms with Crippen molar-refractivity contribution >= 4 is 18.4 Å². The number of rotatable bonds is 3. The van der Waals surface area contributed by atoms with Gasteiger partial charge in [0.25, 0.3) is 0 Å². The van der Waals surface area contributed by atoms with Crippen molar-refractivity contribution in [2.24, 2.45) is 5.92 Å². The Morgan fingerprint density at radius 3 is 2.61 bits per heavy atom. The Labute approximate surface area is 114 Å². The first kappa shape index (κ1) is 15.0. The van der Waals surface area contributed by atoms with Crippen LogP contribution in [0.1, 0.15) is 35.2 Å². The fraction of sp³-hybridized carbons (Fsp3) is 0.500. The molecule has 1 atom stereocenters. The molecule has 0 saturated carbocycles. The van der Waals surface area contributed by atoms with E-state index in [0.717, 1.165) is 25.4 Å². The van der Waals surface area contributed by atoms with Crippen LogP contribution in [0.2, 0.25) is 0 Å². The van der Waals surface area contributed by atoms with Gasteiger partial charge in [0.1, 0.15) is 0 Å². The van der Waals surface area contributed by atoms with Crippen LogP contribution in [0.4, 0.5) is 0 Å². The summed E-state index contributed by atoms with van der Waals surface area (Å²) in [6.45, 7) is 2.24. The lowest BCUT2D eigenvalue weighted by Crippen LogP contribution is -2.14. The van der Waals surface area contributed by atoms with Gasteiger partial charge in [0.05, 0.1) is 5.56 Å². The molecule has 0 aliphatic carbocycles. The lowest BCUT2D eigenvalue weighted by Gasteiger charge is -2.13. The van der Waals surface area contributed by atoms with Gasteiger partial charge in [-0.1, -0.05) is 12.1 Å². The second kappa shape index (κ2) is 7.39. The van der Waals surface area contributed by atoms with E-state index < -0.39 is 5.97 Å². The van der Waals surface area contributed by atoms with E-state index in [0.29, 0.717) is 5.56 Å². The molecule has 1 aromatic carbocycles. The number of halogens is 1. The molecule has 0 aromatic heterocycles. The van der Waals surface area contributed by atoms with Crippen molar-refractivity contribution in [2.45, 2.75) is 25.7 Å². The van der Waals surface area contributed by atoms with Crippen molar-refractivity contribution in [3.05, 3.63) is 35.4 Å². The van der Waals surface area contributed by atoms with E-state index in [9.17, 15) is 4.79 Å². The first-order valence-corrected chi connectivity index (χ1v) is 6.28. The van der Waals surface area contributed by atoms with Crippen molar-refractivity contribution in [1.29, 1.82) is 0 Å². The lowest BCUT2D eigenvalue weighted by molar-refractivity contribution is 0.0697. The number of carboxylic acid groups (broad SMARTS) is 1. The van der Waals surface area contributed by atoms with Gasteiger partial charge in [-0.2, -0.15) is 0 Å². The fourth-order valence-corrected chi connectivity index (χ4v) is 2.41. The predicted octanol–water partition coefficient (Wildman–Crippen LogP) is 2.74. The topological polar surface area (TPSA) is 49.3 Å². The number of nitrogens with one attached hydrogen (secondary N) is 1. The summed E-state index contributed by atoms with van der Waals surface area (Å²) in [6, 6.07) is 7.29. The van der Waals surface area contributed by atoms with E-state index >= 15 is 0 Å². The highest BCUT2D eigenvalue weighted by molar-refractivity contribution is 5.87. The zero-order valence-corrected chi connectivity index (χ0v) is 11.2. The van der Waals surface area contributed by atoms with Crippen LogP contribution in [-0.4, -0.2) is 24.2 Å². The Morgan fingerprint density at radius 2 is 1.94 bits per heavy atom. The van der Waals surface area contributed by atoms with Gasteiger partial charge in [-0.05, 0) is 62.4 Å². The average Bonchev–Trinajstić information content (AvgIpc) is 2.58. The number of hydrogen-bond acceptors (Lipinski definition) is 2. The molecular formula is C14H20ClNO2. The van der Waals surface area contributed by atoms with Crippen molar-refractivity contribution in [3.8, 4) is 0 Å². The van der Waals surface area contributed by atoms with Gasteiger partial charge < -0.3 is 10.4 Å². The van der Waals surface area contributed by atoms with Gasteiger partial charge in [-0.3, -0.25) is 0 Å². The summed E-state index contributed by atoms with van der Waals surface area (Å²) < 4.78 is 0. The fourth-order valence-electron chi connectivity index (χ4n) is 2.41. The number of aromatic carboxylic acids is 1. The quantitative estimate of drug-likeness (QED) is 0.887. The maximum atomic E-state index is 10.7. The van der Waals surface area contributed by atoms with Crippen molar-refractivity contribution in [1.82, 2.24) is 5.32 Å². The van der Waals surface area contributed by atoms with E-state index in [2.05, 4.69) is 5.32 Å². The molecule has 0 spiro atoms. The van der Waals surface area contributed by atoms with Crippen molar-refractivity contribution in [3.63, 3.8) is 0 Å². The molecular weight excluding hydrogens is 250 g/mol. The molecule has 1 heterocycles. The van der Waals surface area contributed by atoms with E-state index in [1.807, 2.05) is 12.1 Å². The molecule has 18 heavy (non-hydrogen) atoms. The van der Waals surface area contributed by atoms with E-state index in [1.165, 1.54) is 24.8 Å². The average molecular weight is 270 g/mol. The maximum Gasteiger partial charge on any atom is 0.335 e. The van der Waals surface area contributed by atoms with Crippen LogP contribution in [0.15, 0.2) is 24.3 Å². The second-order valence-corrected chi connectivity index (χ2v) is 4.75. The predicted molar refractivity (Wildman–Crippen MR) is 74.6 cm³/mol. The molecule has 0 amide bonds. The van der Waals surface area contributed by atoms with Gasteiger partial charge in [-0.15, -0.1) is 12.4 Å². The number of benzene rings is 1. The highest BCUT2D eigenvalue weighted by Gasteiger charge is 2.12. The molecule has 2 N–H and O–H groups in total. The standard InChI is InChI=1S/C14H19NO2.ClH/c16-14(17)13-5-3-12(4-6-13)10-11-2-1-8-15-9-7-11;/h3-6,11,15H,1-2,7-10H2,(H,16,17);1H. The van der Waals surface area contributed by atoms with Crippen molar-refractivity contribution < 1.29 is 9.90 Å². The number of carbonyl (C=O) groups is 1. The van der Waals surface area contributed by atoms with Crippen LogP contribution >= 0.6 is 12.4 Å². The summed E-state index contributed by atoms with van der Waals surface area (Å²) in [7, 11) is 0. The maximum absolute atomic E-state index is 10.7. The van der Waals surface area contributed by atoms with Gasteiger partial charge in [0.15, 0.2) is 0 Å². The first-order chi connectivity index (χ1) is 8.25. The van der Waals surface area contributed by atoms with Gasteiger partial charge in [0, 0.05) is 0 Å². The molecule has 1 aliphatic rings. The normalized spacial score (nSPS) is 19.7. The zero-order chi connectivity index (χ0) is 12.1. The van der Waals surface area contributed by atoms with Crippen molar-refractivity contribution in [2.75, 3.05) is 13.1 Å². The minimum atomic E-state index is -0.852. The molecule has 3 nitrogen and oxygen atoms in total. The van der Waals surface area contributed by atoms with Gasteiger partial charge in [0.2, 0.25) is 0 Å². The first-order valence-electron chi connectivity index (χ1n) is 6.28. The monoisotopic (exact) mass is 269 g/mol. The zero-order valence-electron chi connectivity index (χ0n) is 10.4. The van der Waals surface area contributed by atoms with Gasteiger partial charge >= 0.3 is 5.97 Å². The summed E-state index contributed by atoms with van der Waals surface area (Å²) >= 11 is 0. The summed E-state index contributed by atoms with van der Waals surface area (Å²) in [5, 5.41) is 12.2. The molecule has 1 aliphatic heterocycles. The molecule has 4 heteroatoms. The van der Waals surface area contributed by atoms with Crippen LogP contribution in [0.3, 0.4) is 0 Å². The molecule has 0 bridgehead atoms. The molecule has 100 valence electrons. The third kappa shape index (κ3) is 4.31. The van der Waals surface area contributed by atoms with E-state index in [4.69, 9.17) is 5.11 Å². The molecule has 1 fully saturated rings. The second-order valence-electron chi connectivity index (χ2n) is 4.75. The summed E-state index contributed by atoms with van der Waals surface area (Å²) in [6.07, 6.45) is 4.81. The summed E-state index contributed by atoms with van der Waals surface area (Å²) in [5.41, 5.74) is 1.62. The largest absolute Gasteiger partial charge is 0.478 e. The third-order valence-electron chi connectivity index (χ3n) is 3.42. The molecule has 1 saturated heterocycles. The Hall–Kier alpha value is -1.06.